The molecule has 6 heteroatoms. The molecule has 0 unspecified atom stereocenters. The quantitative estimate of drug-likeness (QED) is 0.787. The Morgan fingerprint density at radius 3 is 2.84 bits per heavy atom. The van der Waals surface area contributed by atoms with Crippen LogP contribution in [0.4, 0.5) is 5.82 Å². The van der Waals surface area contributed by atoms with E-state index < -0.39 is 0 Å². The summed E-state index contributed by atoms with van der Waals surface area (Å²) in [4.78, 5) is 14.8. The summed E-state index contributed by atoms with van der Waals surface area (Å²) in [5.41, 5.74) is 6.77. The fourth-order valence-electron chi connectivity index (χ4n) is 1.79. The van der Waals surface area contributed by atoms with Crippen molar-refractivity contribution in [3.63, 3.8) is 0 Å². The van der Waals surface area contributed by atoms with Gasteiger partial charge in [-0.25, -0.2) is 9.97 Å². The van der Waals surface area contributed by atoms with E-state index >= 15 is 0 Å². The first-order chi connectivity index (χ1) is 9.31. The molecule has 0 atom stereocenters. The van der Waals surface area contributed by atoms with Crippen molar-refractivity contribution in [2.45, 2.75) is 13.0 Å². The van der Waals surface area contributed by atoms with Gasteiger partial charge in [-0.15, -0.1) is 0 Å². The van der Waals surface area contributed by atoms with Crippen molar-refractivity contribution < 1.29 is 0 Å². The van der Waals surface area contributed by atoms with Crippen LogP contribution in [0.2, 0.25) is 0 Å². The smallest absolute Gasteiger partial charge is 0.145 e. The SMILES string of the molecule is NCCCN(Cc1cccnc1)c1ncncc1I. The number of pyridine rings is 1. The number of rotatable bonds is 6. The normalized spacial score (nSPS) is 10.4. The van der Waals surface area contributed by atoms with E-state index in [9.17, 15) is 0 Å². The van der Waals surface area contributed by atoms with Gasteiger partial charge in [0.2, 0.25) is 0 Å². The van der Waals surface area contributed by atoms with Crippen molar-refractivity contribution in [2.24, 2.45) is 5.73 Å². The van der Waals surface area contributed by atoms with Crippen molar-refractivity contribution in [1.82, 2.24) is 15.0 Å². The number of hydrogen-bond acceptors (Lipinski definition) is 5. The van der Waals surface area contributed by atoms with Crippen LogP contribution in [0.25, 0.3) is 0 Å². The summed E-state index contributed by atoms with van der Waals surface area (Å²) in [6.07, 6.45) is 7.99. The third-order valence-electron chi connectivity index (χ3n) is 2.68. The average Bonchev–Trinajstić information content (AvgIpc) is 2.45. The molecule has 19 heavy (non-hydrogen) atoms. The van der Waals surface area contributed by atoms with Gasteiger partial charge in [-0.1, -0.05) is 6.07 Å². The predicted molar refractivity (Wildman–Crippen MR) is 83.7 cm³/mol. The van der Waals surface area contributed by atoms with Gasteiger partial charge in [-0.2, -0.15) is 0 Å². The molecule has 0 bridgehead atoms. The Balaban J connectivity index is 2.19. The number of halogens is 1. The molecule has 0 aromatic carbocycles. The molecule has 2 N–H and O–H groups in total. The van der Waals surface area contributed by atoms with E-state index in [1.807, 2.05) is 18.5 Å². The standard InChI is InChI=1S/C13H16IN5/c14-12-8-17-10-18-13(12)19(6-2-4-15)9-11-3-1-5-16-7-11/h1,3,5,7-8,10H,2,4,6,9,15H2. The molecule has 2 aromatic heterocycles. The summed E-state index contributed by atoms with van der Waals surface area (Å²) < 4.78 is 1.04. The fourth-order valence-corrected chi connectivity index (χ4v) is 2.43. The van der Waals surface area contributed by atoms with Crippen molar-refractivity contribution in [3.05, 3.63) is 46.2 Å². The Labute approximate surface area is 126 Å². The van der Waals surface area contributed by atoms with Crippen LogP contribution in [0, 0.1) is 3.57 Å². The van der Waals surface area contributed by atoms with Crippen LogP contribution in [-0.4, -0.2) is 28.0 Å². The molecule has 0 aliphatic heterocycles. The van der Waals surface area contributed by atoms with Crippen LogP contribution >= 0.6 is 22.6 Å². The maximum absolute atomic E-state index is 5.61. The second kappa shape index (κ2) is 7.34. The van der Waals surface area contributed by atoms with E-state index in [1.54, 1.807) is 12.5 Å². The zero-order valence-electron chi connectivity index (χ0n) is 10.5. The summed E-state index contributed by atoms with van der Waals surface area (Å²) in [5, 5.41) is 0. The van der Waals surface area contributed by atoms with E-state index in [4.69, 9.17) is 5.73 Å². The highest BCUT2D eigenvalue weighted by Crippen LogP contribution is 2.20. The summed E-state index contributed by atoms with van der Waals surface area (Å²) in [5.74, 6) is 0.952. The van der Waals surface area contributed by atoms with Gasteiger partial charge in [0.1, 0.15) is 12.1 Å². The second-order valence-electron chi connectivity index (χ2n) is 4.12. The molecule has 2 heterocycles. The molecule has 2 rings (SSSR count). The minimum absolute atomic E-state index is 0.672. The molecular formula is C13H16IN5. The second-order valence-corrected chi connectivity index (χ2v) is 5.28. The van der Waals surface area contributed by atoms with Crippen LogP contribution in [-0.2, 0) is 6.54 Å². The third kappa shape index (κ3) is 4.10. The lowest BCUT2D eigenvalue weighted by molar-refractivity contribution is 0.721. The molecule has 0 saturated carbocycles. The van der Waals surface area contributed by atoms with Crippen LogP contribution in [0.3, 0.4) is 0 Å². The molecule has 0 radical (unpaired) electrons. The number of nitrogens with zero attached hydrogens (tertiary/aromatic N) is 4. The summed E-state index contributed by atoms with van der Waals surface area (Å²) in [6, 6.07) is 4.01. The average molecular weight is 369 g/mol. The van der Waals surface area contributed by atoms with E-state index in [-0.39, 0.29) is 0 Å². The monoisotopic (exact) mass is 369 g/mol. The van der Waals surface area contributed by atoms with E-state index in [2.05, 4.69) is 48.5 Å². The highest BCUT2D eigenvalue weighted by Gasteiger charge is 2.11. The molecule has 2 aromatic rings. The van der Waals surface area contributed by atoms with Crippen molar-refractivity contribution in [1.29, 1.82) is 0 Å². The fraction of sp³-hybridized carbons (Fsp3) is 0.308. The van der Waals surface area contributed by atoms with Crippen molar-refractivity contribution in [2.75, 3.05) is 18.0 Å². The van der Waals surface area contributed by atoms with Crippen molar-refractivity contribution >= 4 is 28.4 Å². The number of nitrogens with two attached hydrogens (primary N) is 1. The minimum atomic E-state index is 0.672. The zero-order valence-corrected chi connectivity index (χ0v) is 12.7. The highest BCUT2D eigenvalue weighted by atomic mass is 127. The summed E-state index contributed by atoms with van der Waals surface area (Å²) in [6.45, 7) is 2.32. The van der Waals surface area contributed by atoms with Gasteiger partial charge in [0, 0.05) is 31.7 Å². The van der Waals surface area contributed by atoms with Crippen LogP contribution < -0.4 is 10.6 Å². The van der Waals surface area contributed by atoms with Gasteiger partial charge in [0.05, 0.1) is 3.57 Å². The van der Waals surface area contributed by atoms with Gasteiger partial charge in [-0.05, 0) is 47.2 Å². The topological polar surface area (TPSA) is 67.9 Å². The Morgan fingerprint density at radius 1 is 1.26 bits per heavy atom. The van der Waals surface area contributed by atoms with Crippen LogP contribution in [0.5, 0.6) is 0 Å². The van der Waals surface area contributed by atoms with Gasteiger partial charge in [0.25, 0.3) is 0 Å². The minimum Gasteiger partial charge on any atom is -0.351 e. The molecule has 5 nitrogen and oxygen atoms in total. The molecule has 0 aliphatic rings. The Morgan fingerprint density at radius 2 is 2.16 bits per heavy atom. The molecule has 0 amide bonds. The van der Waals surface area contributed by atoms with Gasteiger partial charge in [-0.3, -0.25) is 4.98 Å². The van der Waals surface area contributed by atoms with Gasteiger partial charge < -0.3 is 10.6 Å². The lowest BCUT2D eigenvalue weighted by Crippen LogP contribution is -2.27. The third-order valence-corrected chi connectivity index (χ3v) is 3.44. The first-order valence-electron chi connectivity index (χ1n) is 6.10. The lowest BCUT2D eigenvalue weighted by Gasteiger charge is -2.24. The van der Waals surface area contributed by atoms with E-state index in [1.165, 1.54) is 0 Å². The maximum Gasteiger partial charge on any atom is 0.145 e. The van der Waals surface area contributed by atoms with E-state index in [0.29, 0.717) is 6.54 Å². The highest BCUT2D eigenvalue weighted by molar-refractivity contribution is 14.1. The predicted octanol–water partition coefficient (Wildman–Crippen LogP) is 1.83. The molecule has 0 saturated heterocycles. The lowest BCUT2D eigenvalue weighted by atomic mass is 10.2. The number of hydrogen-bond donors (Lipinski definition) is 1. The van der Waals surface area contributed by atoms with Crippen LogP contribution in [0.15, 0.2) is 37.1 Å². The van der Waals surface area contributed by atoms with Crippen LogP contribution in [0.1, 0.15) is 12.0 Å². The summed E-state index contributed by atoms with van der Waals surface area (Å²) in [7, 11) is 0. The largest absolute Gasteiger partial charge is 0.351 e. The number of anilines is 1. The Hall–Kier alpha value is -1.28. The zero-order chi connectivity index (χ0) is 13.5. The van der Waals surface area contributed by atoms with Gasteiger partial charge in [0.15, 0.2) is 0 Å². The number of aromatic nitrogens is 3. The Kier molecular flexibility index (Phi) is 5.46. The summed E-state index contributed by atoms with van der Waals surface area (Å²) >= 11 is 2.26. The molecule has 0 aliphatic carbocycles. The Bertz CT molecular complexity index is 505. The first-order valence-corrected chi connectivity index (χ1v) is 7.18. The first kappa shape index (κ1) is 14.1. The van der Waals surface area contributed by atoms with E-state index in [0.717, 1.165) is 34.5 Å². The van der Waals surface area contributed by atoms with Crippen molar-refractivity contribution in [3.8, 4) is 0 Å². The maximum atomic E-state index is 5.61. The molecule has 100 valence electrons. The molecule has 0 spiro atoms. The molecular weight excluding hydrogens is 353 g/mol. The van der Waals surface area contributed by atoms with Gasteiger partial charge >= 0.3 is 0 Å². The molecule has 0 fully saturated rings.